The number of carbonyl (C=O) groups is 1. The topological polar surface area (TPSA) is 68.5 Å². The minimum absolute atomic E-state index is 0.133. The monoisotopic (exact) mass is 329 g/mol. The summed E-state index contributed by atoms with van der Waals surface area (Å²) in [7, 11) is 0. The van der Waals surface area contributed by atoms with E-state index in [0.29, 0.717) is 12.3 Å². The van der Waals surface area contributed by atoms with Crippen LogP contribution >= 0.6 is 0 Å². The summed E-state index contributed by atoms with van der Waals surface area (Å²) in [4.78, 5) is 18.4. The molecule has 6 nitrogen and oxygen atoms in total. The van der Waals surface area contributed by atoms with Gasteiger partial charge in [0.1, 0.15) is 11.3 Å². The van der Waals surface area contributed by atoms with Gasteiger partial charge in [-0.05, 0) is 52.2 Å². The Kier molecular flexibility index (Phi) is 4.55. The minimum atomic E-state index is -0.513. The molecule has 128 valence electrons. The molecule has 1 unspecified atom stereocenters. The molecule has 1 aliphatic heterocycles. The molecule has 0 radical (unpaired) electrons. The van der Waals surface area contributed by atoms with Crippen LogP contribution in [-0.2, 0) is 4.74 Å². The molecule has 24 heavy (non-hydrogen) atoms. The molecule has 0 spiro atoms. The molecule has 2 aromatic heterocycles. The third-order valence-electron chi connectivity index (χ3n) is 3.94. The molecule has 3 heterocycles. The van der Waals surface area contributed by atoms with Crippen LogP contribution in [0.15, 0.2) is 35.1 Å². The normalized spacial score (nSPS) is 18.5. The smallest absolute Gasteiger partial charge is 0.410 e. The van der Waals surface area contributed by atoms with Gasteiger partial charge in [0.15, 0.2) is 5.76 Å². The summed E-state index contributed by atoms with van der Waals surface area (Å²) in [6.45, 7) is 6.29. The summed E-state index contributed by atoms with van der Waals surface area (Å²) < 4.78 is 11.1. The maximum absolute atomic E-state index is 12.5. The molecule has 2 aromatic rings. The molecule has 6 heteroatoms. The van der Waals surface area contributed by atoms with Crippen LogP contribution in [0.5, 0.6) is 0 Å². The fourth-order valence-corrected chi connectivity index (χ4v) is 2.86. The van der Waals surface area contributed by atoms with Crippen molar-refractivity contribution in [3.05, 3.63) is 36.4 Å². The summed E-state index contributed by atoms with van der Waals surface area (Å²) in [5.41, 5.74) is 1.11. The van der Waals surface area contributed by atoms with Crippen molar-refractivity contribution in [2.75, 3.05) is 6.54 Å². The molecule has 1 amide bonds. The lowest BCUT2D eigenvalue weighted by molar-refractivity contribution is 0.00613. The fourth-order valence-electron chi connectivity index (χ4n) is 2.86. The zero-order chi connectivity index (χ0) is 17.2. The molecule has 0 aromatic carbocycles. The van der Waals surface area contributed by atoms with Gasteiger partial charge >= 0.3 is 6.09 Å². The molecule has 1 fully saturated rings. The number of hydrogen-bond donors (Lipinski definition) is 0. The van der Waals surface area contributed by atoms with Gasteiger partial charge in [-0.3, -0.25) is 9.88 Å². The van der Waals surface area contributed by atoms with Crippen molar-refractivity contribution < 1.29 is 14.1 Å². The standard InChI is InChI=1S/C18H23N3O3/c1-18(2,3)23-17(22)21-10-5-4-8-15(21)16-11-14(20-24-16)13-7-6-9-19-12-13/h6-7,9,11-12,15H,4-5,8,10H2,1-3H3. The van der Waals surface area contributed by atoms with Gasteiger partial charge in [0.2, 0.25) is 0 Å². The molecule has 0 aliphatic carbocycles. The quantitative estimate of drug-likeness (QED) is 0.826. The number of carbonyl (C=O) groups excluding carboxylic acids is 1. The Morgan fingerprint density at radius 2 is 2.21 bits per heavy atom. The van der Waals surface area contributed by atoms with Crippen LogP contribution in [-0.4, -0.2) is 33.3 Å². The zero-order valence-corrected chi connectivity index (χ0v) is 14.4. The van der Waals surface area contributed by atoms with Crippen LogP contribution in [0, 0.1) is 0 Å². The summed E-state index contributed by atoms with van der Waals surface area (Å²) >= 11 is 0. The van der Waals surface area contributed by atoms with Gasteiger partial charge in [0.25, 0.3) is 0 Å². The van der Waals surface area contributed by atoms with E-state index in [1.54, 1.807) is 17.3 Å². The number of hydrogen-bond acceptors (Lipinski definition) is 5. The molecule has 0 saturated carbocycles. The molecule has 1 aliphatic rings. The third-order valence-corrected chi connectivity index (χ3v) is 3.94. The molecule has 1 saturated heterocycles. The van der Waals surface area contributed by atoms with Crippen LogP contribution < -0.4 is 0 Å². The van der Waals surface area contributed by atoms with Crippen molar-refractivity contribution in [3.63, 3.8) is 0 Å². The van der Waals surface area contributed by atoms with Crippen LogP contribution in [0.2, 0.25) is 0 Å². The Bertz CT molecular complexity index is 691. The third kappa shape index (κ3) is 3.75. The number of rotatable bonds is 2. The SMILES string of the molecule is CC(C)(C)OC(=O)N1CCCCC1c1cc(-c2cccnc2)no1. The first-order valence-electron chi connectivity index (χ1n) is 8.31. The van der Waals surface area contributed by atoms with E-state index >= 15 is 0 Å². The van der Waals surface area contributed by atoms with Crippen molar-refractivity contribution in [2.24, 2.45) is 0 Å². The molecule has 0 bridgehead atoms. The van der Waals surface area contributed by atoms with Gasteiger partial charge < -0.3 is 9.26 Å². The maximum atomic E-state index is 12.5. The number of aromatic nitrogens is 2. The lowest BCUT2D eigenvalue weighted by Crippen LogP contribution is -2.41. The van der Waals surface area contributed by atoms with E-state index in [4.69, 9.17) is 9.26 Å². The Morgan fingerprint density at radius 1 is 1.38 bits per heavy atom. The van der Waals surface area contributed by atoms with Gasteiger partial charge in [0, 0.05) is 30.6 Å². The highest BCUT2D eigenvalue weighted by Gasteiger charge is 2.33. The van der Waals surface area contributed by atoms with Crippen LogP contribution in [0.1, 0.15) is 51.8 Å². The number of amides is 1. The van der Waals surface area contributed by atoms with Crippen molar-refractivity contribution in [3.8, 4) is 11.3 Å². The van der Waals surface area contributed by atoms with Gasteiger partial charge in [-0.2, -0.15) is 0 Å². The average molecular weight is 329 g/mol. The van der Waals surface area contributed by atoms with Crippen molar-refractivity contribution in [2.45, 2.75) is 51.7 Å². The number of nitrogens with zero attached hydrogens (tertiary/aromatic N) is 3. The predicted molar refractivity (Wildman–Crippen MR) is 89.3 cm³/mol. The first-order chi connectivity index (χ1) is 11.4. The molecule has 3 rings (SSSR count). The van der Waals surface area contributed by atoms with Crippen LogP contribution in [0.25, 0.3) is 11.3 Å². The highest BCUT2D eigenvalue weighted by atomic mass is 16.6. The van der Waals surface area contributed by atoms with Crippen LogP contribution in [0.3, 0.4) is 0 Å². The van der Waals surface area contributed by atoms with E-state index in [1.165, 1.54) is 0 Å². The first kappa shape index (κ1) is 16.5. The van der Waals surface area contributed by atoms with E-state index in [1.807, 2.05) is 39.0 Å². The first-order valence-corrected chi connectivity index (χ1v) is 8.31. The van der Waals surface area contributed by atoms with E-state index in [0.717, 1.165) is 30.5 Å². The number of ether oxygens (including phenoxy) is 1. The lowest BCUT2D eigenvalue weighted by Gasteiger charge is -2.35. The minimum Gasteiger partial charge on any atom is -0.444 e. The molecular weight excluding hydrogens is 306 g/mol. The highest BCUT2D eigenvalue weighted by Crippen LogP contribution is 2.34. The Labute approximate surface area is 141 Å². The highest BCUT2D eigenvalue weighted by molar-refractivity contribution is 5.69. The van der Waals surface area contributed by atoms with Crippen molar-refractivity contribution in [1.82, 2.24) is 15.0 Å². The second kappa shape index (κ2) is 6.63. The molecular formula is C18H23N3O3. The second-order valence-corrected chi connectivity index (χ2v) is 7.04. The second-order valence-electron chi connectivity index (χ2n) is 7.04. The summed E-state index contributed by atoms with van der Waals surface area (Å²) in [6, 6.07) is 5.55. The van der Waals surface area contributed by atoms with Crippen LogP contribution in [0.4, 0.5) is 4.79 Å². The van der Waals surface area contributed by atoms with Gasteiger partial charge in [-0.1, -0.05) is 5.16 Å². The Balaban J connectivity index is 1.81. The van der Waals surface area contributed by atoms with Crippen molar-refractivity contribution >= 4 is 6.09 Å². The summed E-state index contributed by atoms with van der Waals surface area (Å²) in [6.07, 6.45) is 6.03. The van der Waals surface area contributed by atoms with E-state index < -0.39 is 5.60 Å². The predicted octanol–water partition coefficient (Wildman–Crippen LogP) is 4.20. The number of piperidine rings is 1. The maximum Gasteiger partial charge on any atom is 0.410 e. The summed E-state index contributed by atoms with van der Waals surface area (Å²) in [5, 5.41) is 4.14. The largest absolute Gasteiger partial charge is 0.444 e. The van der Waals surface area contributed by atoms with Gasteiger partial charge in [-0.15, -0.1) is 0 Å². The van der Waals surface area contributed by atoms with Crippen molar-refractivity contribution in [1.29, 1.82) is 0 Å². The Hall–Kier alpha value is -2.37. The van der Waals surface area contributed by atoms with Gasteiger partial charge in [0.05, 0.1) is 6.04 Å². The fraction of sp³-hybridized carbons (Fsp3) is 0.500. The van der Waals surface area contributed by atoms with E-state index in [2.05, 4.69) is 10.1 Å². The zero-order valence-electron chi connectivity index (χ0n) is 14.4. The summed E-state index contributed by atoms with van der Waals surface area (Å²) in [5.74, 6) is 0.694. The van der Waals surface area contributed by atoms with E-state index in [-0.39, 0.29) is 12.1 Å². The van der Waals surface area contributed by atoms with E-state index in [9.17, 15) is 4.79 Å². The molecule has 1 atom stereocenters. The molecule has 0 N–H and O–H groups in total. The number of likely N-dealkylation sites (tertiary alicyclic amines) is 1. The van der Waals surface area contributed by atoms with Gasteiger partial charge in [-0.25, -0.2) is 4.79 Å². The average Bonchev–Trinajstić information content (AvgIpc) is 3.04. The Morgan fingerprint density at radius 3 is 2.92 bits per heavy atom. The lowest BCUT2D eigenvalue weighted by atomic mass is 10.00. The number of pyridine rings is 1.